The number of hydrogen-bond acceptors (Lipinski definition) is 5. The van der Waals surface area contributed by atoms with Crippen molar-refractivity contribution in [3.05, 3.63) is 32.8 Å². The normalized spacial score (nSPS) is 20.8. The first kappa shape index (κ1) is 15.1. The molecule has 1 unspecified atom stereocenters. The largest absolute Gasteiger partial charge is 0.384 e. The van der Waals surface area contributed by atoms with Gasteiger partial charge in [0.2, 0.25) is 0 Å². The zero-order chi connectivity index (χ0) is 14.9. The molecule has 0 radical (unpaired) electrons. The number of hydrogen-bond donors (Lipinski definition) is 1. The van der Waals surface area contributed by atoms with Crippen LogP contribution >= 0.6 is 11.6 Å². The fourth-order valence-corrected chi connectivity index (χ4v) is 4.38. The van der Waals surface area contributed by atoms with E-state index in [9.17, 15) is 18.5 Å². The molecular formula is C12H15ClN2O4S. The maximum Gasteiger partial charge on any atom is 0.273 e. The summed E-state index contributed by atoms with van der Waals surface area (Å²) in [5.41, 5.74) is 1.09. The molecule has 0 saturated carbocycles. The number of sulfone groups is 1. The number of nitrogens with one attached hydrogen (secondary N) is 1. The van der Waals surface area contributed by atoms with Crippen molar-refractivity contribution in [3.63, 3.8) is 0 Å². The highest BCUT2D eigenvalue weighted by atomic mass is 35.5. The van der Waals surface area contributed by atoms with Crippen molar-refractivity contribution in [2.75, 3.05) is 23.4 Å². The monoisotopic (exact) mass is 318 g/mol. The second-order valence-corrected chi connectivity index (χ2v) is 7.66. The summed E-state index contributed by atoms with van der Waals surface area (Å²) in [5.74, 6) is 0.474. The average Bonchev–Trinajstić information content (AvgIpc) is 2.69. The van der Waals surface area contributed by atoms with Gasteiger partial charge in [0.1, 0.15) is 0 Å². The molecule has 0 aromatic heterocycles. The van der Waals surface area contributed by atoms with Crippen molar-refractivity contribution in [1.82, 2.24) is 0 Å². The van der Waals surface area contributed by atoms with E-state index < -0.39 is 14.8 Å². The minimum Gasteiger partial charge on any atom is -0.384 e. The fourth-order valence-electron chi connectivity index (χ4n) is 2.29. The molecule has 0 amide bonds. The van der Waals surface area contributed by atoms with Gasteiger partial charge in [0.25, 0.3) is 5.69 Å². The minimum atomic E-state index is -2.90. The predicted molar refractivity (Wildman–Crippen MR) is 78.1 cm³/mol. The summed E-state index contributed by atoms with van der Waals surface area (Å²) in [6.45, 7) is 2.13. The minimum absolute atomic E-state index is 0.0241. The van der Waals surface area contributed by atoms with Gasteiger partial charge in [0.15, 0.2) is 9.84 Å². The van der Waals surface area contributed by atoms with Crippen LogP contribution in [0, 0.1) is 23.0 Å². The van der Waals surface area contributed by atoms with Crippen molar-refractivity contribution in [2.45, 2.75) is 13.3 Å². The summed E-state index contributed by atoms with van der Waals surface area (Å²) in [4.78, 5) is 10.3. The van der Waals surface area contributed by atoms with Crippen molar-refractivity contribution < 1.29 is 13.3 Å². The molecule has 1 aliphatic heterocycles. The van der Waals surface area contributed by atoms with Crippen molar-refractivity contribution in [2.24, 2.45) is 5.92 Å². The van der Waals surface area contributed by atoms with E-state index >= 15 is 0 Å². The van der Waals surface area contributed by atoms with Gasteiger partial charge in [-0.15, -0.1) is 0 Å². The predicted octanol–water partition coefficient (Wildman–Crippen LogP) is 2.40. The van der Waals surface area contributed by atoms with E-state index in [4.69, 9.17) is 11.6 Å². The van der Waals surface area contributed by atoms with Crippen LogP contribution in [0.1, 0.15) is 12.0 Å². The summed E-state index contributed by atoms with van der Waals surface area (Å²) in [5, 5.41) is 14.1. The fraction of sp³-hybridized carbons (Fsp3) is 0.500. The molecule has 1 atom stereocenters. The van der Waals surface area contributed by atoms with Gasteiger partial charge in [-0.3, -0.25) is 10.1 Å². The summed E-state index contributed by atoms with van der Waals surface area (Å²) in [7, 11) is -2.90. The second kappa shape index (κ2) is 5.57. The van der Waals surface area contributed by atoms with E-state index in [2.05, 4.69) is 5.32 Å². The van der Waals surface area contributed by atoms with E-state index in [1.807, 2.05) is 0 Å². The third-order valence-corrected chi connectivity index (χ3v) is 5.54. The summed E-state index contributed by atoms with van der Waals surface area (Å²) in [6.07, 6.45) is 0.638. The Bertz CT molecular complexity index is 645. The number of aryl methyl sites for hydroxylation is 1. The molecule has 1 saturated heterocycles. The lowest BCUT2D eigenvalue weighted by Gasteiger charge is -2.13. The van der Waals surface area contributed by atoms with Crippen LogP contribution in [0.25, 0.3) is 0 Å². The Hall–Kier alpha value is -1.34. The van der Waals surface area contributed by atoms with Gasteiger partial charge in [0, 0.05) is 18.2 Å². The van der Waals surface area contributed by atoms with Crippen LogP contribution in [0.15, 0.2) is 12.1 Å². The van der Waals surface area contributed by atoms with Gasteiger partial charge >= 0.3 is 0 Å². The average molecular weight is 319 g/mol. The standard InChI is InChI=1S/C12H15ClN2O4S/c1-8-4-11(10(13)5-12(8)15(16)17)14-6-9-2-3-20(18,19)7-9/h4-5,9,14H,2-3,6-7H2,1H3. The van der Waals surface area contributed by atoms with Crippen molar-refractivity contribution in [1.29, 1.82) is 0 Å². The third-order valence-electron chi connectivity index (χ3n) is 3.39. The first-order valence-corrected chi connectivity index (χ1v) is 8.37. The first-order valence-electron chi connectivity index (χ1n) is 6.17. The lowest BCUT2D eigenvalue weighted by atomic mass is 10.1. The van der Waals surface area contributed by atoms with E-state index in [1.54, 1.807) is 13.0 Å². The Kier molecular flexibility index (Phi) is 4.19. The van der Waals surface area contributed by atoms with Crippen LogP contribution in [-0.4, -0.2) is 31.4 Å². The van der Waals surface area contributed by atoms with Crippen molar-refractivity contribution in [3.8, 4) is 0 Å². The smallest absolute Gasteiger partial charge is 0.273 e. The van der Waals surface area contributed by atoms with Crippen LogP contribution < -0.4 is 5.32 Å². The summed E-state index contributed by atoms with van der Waals surface area (Å²) in [6, 6.07) is 2.93. The molecular weight excluding hydrogens is 304 g/mol. The Labute approximate surface area is 122 Å². The Balaban J connectivity index is 2.07. The molecule has 1 N–H and O–H groups in total. The number of anilines is 1. The molecule has 1 fully saturated rings. The number of nitrogens with zero attached hydrogens (tertiary/aromatic N) is 1. The van der Waals surface area contributed by atoms with E-state index in [1.165, 1.54) is 6.07 Å². The Morgan fingerprint density at radius 1 is 1.50 bits per heavy atom. The molecule has 1 aromatic carbocycles. The third kappa shape index (κ3) is 3.40. The molecule has 20 heavy (non-hydrogen) atoms. The Morgan fingerprint density at radius 2 is 2.20 bits per heavy atom. The van der Waals surface area contributed by atoms with Gasteiger partial charge in [-0.05, 0) is 25.3 Å². The lowest BCUT2D eigenvalue weighted by Crippen LogP contribution is -2.16. The van der Waals surface area contributed by atoms with Crippen LogP contribution in [0.4, 0.5) is 11.4 Å². The molecule has 1 heterocycles. The molecule has 0 bridgehead atoms. The van der Waals surface area contributed by atoms with Crippen LogP contribution in [0.3, 0.4) is 0 Å². The maximum atomic E-state index is 11.4. The second-order valence-electron chi connectivity index (χ2n) is 5.03. The summed E-state index contributed by atoms with van der Waals surface area (Å²) >= 11 is 6.00. The maximum absolute atomic E-state index is 11.4. The highest BCUT2D eigenvalue weighted by Crippen LogP contribution is 2.31. The molecule has 1 aromatic rings. The number of halogens is 1. The SMILES string of the molecule is Cc1cc(NCC2CCS(=O)(=O)C2)c(Cl)cc1[N+](=O)[O-]. The number of benzene rings is 1. The van der Waals surface area contributed by atoms with E-state index in [-0.39, 0.29) is 28.1 Å². The Morgan fingerprint density at radius 3 is 2.75 bits per heavy atom. The molecule has 2 rings (SSSR count). The van der Waals surface area contributed by atoms with E-state index in [0.29, 0.717) is 24.2 Å². The van der Waals surface area contributed by atoms with Gasteiger partial charge in [-0.25, -0.2) is 8.42 Å². The first-order chi connectivity index (χ1) is 9.28. The topological polar surface area (TPSA) is 89.3 Å². The number of nitro groups is 1. The van der Waals surface area contributed by atoms with Gasteiger partial charge in [0.05, 0.1) is 27.1 Å². The van der Waals surface area contributed by atoms with Gasteiger partial charge < -0.3 is 5.32 Å². The van der Waals surface area contributed by atoms with Crippen LogP contribution in [-0.2, 0) is 9.84 Å². The highest BCUT2D eigenvalue weighted by molar-refractivity contribution is 7.91. The van der Waals surface area contributed by atoms with Crippen LogP contribution in [0.2, 0.25) is 5.02 Å². The molecule has 0 spiro atoms. The molecule has 6 nitrogen and oxygen atoms in total. The zero-order valence-corrected chi connectivity index (χ0v) is 12.5. The molecule has 8 heteroatoms. The zero-order valence-electron chi connectivity index (χ0n) is 10.9. The summed E-state index contributed by atoms with van der Waals surface area (Å²) < 4.78 is 22.7. The van der Waals surface area contributed by atoms with E-state index in [0.717, 1.165) is 0 Å². The lowest BCUT2D eigenvalue weighted by molar-refractivity contribution is -0.385. The van der Waals surface area contributed by atoms with Crippen LogP contribution in [0.5, 0.6) is 0 Å². The highest BCUT2D eigenvalue weighted by Gasteiger charge is 2.27. The van der Waals surface area contributed by atoms with Gasteiger partial charge in [-0.2, -0.15) is 0 Å². The quantitative estimate of drug-likeness (QED) is 0.680. The number of nitro benzene ring substituents is 1. The van der Waals surface area contributed by atoms with Crippen molar-refractivity contribution >= 4 is 32.8 Å². The molecule has 110 valence electrons. The van der Waals surface area contributed by atoms with Gasteiger partial charge in [-0.1, -0.05) is 11.6 Å². The number of rotatable bonds is 4. The molecule has 0 aliphatic carbocycles. The molecule has 1 aliphatic rings.